The number of amides is 1. The molecule has 0 atom stereocenters. The molecule has 2 aromatic heterocycles. The molecular weight excluding hydrogens is 410 g/mol. The van der Waals surface area contributed by atoms with E-state index in [9.17, 15) is 14.9 Å². The Balaban J connectivity index is 1.68. The number of nitrogens with zero attached hydrogens (tertiary/aromatic N) is 4. The van der Waals surface area contributed by atoms with Crippen molar-refractivity contribution in [2.45, 2.75) is 0 Å². The number of hydrogen-bond donors (Lipinski definition) is 1. The van der Waals surface area contributed by atoms with E-state index in [0.717, 1.165) is 17.3 Å². The van der Waals surface area contributed by atoms with E-state index in [1.165, 1.54) is 31.6 Å². The number of nitro groups is 1. The van der Waals surface area contributed by atoms with Gasteiger partial charge < -0.3 is 9.47 Å². The molecule has 0 aliphatic carbocycles. The van der Waals surface area contributed by atoms with Crippen LogP contribution in [0.5, 0.6) is 11.5 Å². The number of nitrogens with one attached hydrogen (secondary N) is 1. The van der Waals surface area contributed by atoms with Crippen molar-refractivity contribution in [3.63, 3.8) is 0 Å². The second kappa shape index (κ2) is 7.79. The monoisotopic (exact) mass is 425 g/mol. The highest BCUT2D eigenvalue weighted by atomic mass is 32.1. The Kier molecular flexibility index (Phi) is 5.02. The van der Waals surface area contributed by atoms with Crippen molar-refractivity contribution in [2.24, 2.45) is 0 Å². The van der Waals surface area contributed by atoms with E-state index in [1.54, 1.807) is 4.52 Å². The van der Waals surface area contributed by atoms with Crippen molar-refractivity contribution in [3.8, 4) is 22.8 Å². The summed E-state index contributed by atoms with van der Waals surface area (Å²) in [6, 6.07) is 12.0. The van der Waals surface area contributed by atoms with Gasteiger partial charge in [-0.25, -0.2) is 4.52 Å². The first-order valence-corrected chi connectivity index (χ1v) is 9.51. The Hall–Kier alpha value is -3.99. The first-order chi connectivity index (χ1) is 14.5. The summed E-state index contributed by atoms with van der Waals surface area (Å²) in [6.45, 7) is 0. The molecule has 0 unspecified atom stereocenters. The van der Waals surface area contributed by atoms with Crippen LogP contribution in [0.1, 0.15) is 10.4 Å². The van der Waals surface area contributed by atoms with Crippen LogP contribution < -0.4 is 14.8 Å². The Morgan fingerprint density at radius 1 is 1.17 bits per heavy atom. The lowest BCUT2D eigenvalue weighted by atomic mass is 10.1. The summed E-state index contributed by atoms with van der Waals surface area (Å²) in [5.41, 5.74) is 1.15. The predicted molar refractivity (Wildman–Crippen MR) is 110 cm³/mol. The maximum Gasteiger partial charge on any atom is 0.286 e. The Labute approximate surface area is 173 Å². The molecule has 0 aliphatic rings. The summed E-state index contributed by atoms with van der Waals surface area (Å²) in [5, 5.41) is 20.2. The minimum Gasteiger partial charge on any atom is -0.493 e. The number of carbonyl (C=O) groups is 1. The molecule has 1 amide bonds. The molecule has 1 N–H and O–H groups in total. The minimum absolute atomic E-state index is 0.0353. The molecule has 0 aliphatic heterocycles. The van der Waals surface area contributed by atoms with Crippen LogP contribution in [0.4, 0.5) is 11.6 Å². The predicted octanol–water partition coefficient (Wildman–Crippen LogP) is 3.64. The number of benzene rings is 2. The van der Waals surface area contributed by atoms with Gasteiger partial charge in [0, 0.05) is 17.0 Å². The molecule has 152 valence electrons. The van der Waals surface area contributed by atoms with E-state index in [-0.39, 0.29) is 23.0 Å². The van der Waals surface area contributed by atoms with Crippen molar-refractivity contribution in [2.75, 3.05) is 19.5 Å². The zero-order valence-corrected chi connectivity index (χ0v) is 16.7. The molecule has 0 saturated carbocycles. The molecule has 2 aromatic carbocycles. The van der Waals surface area contributed by atoms with E-state index < -0.39 is 16.5 Å². The zero-order valence-electron chi connectivity index (χ0n) is 15.9. The fourth-order valence-corrected chi connectivity index (χ4v) is 3.74. The van der Waals surface area contributed by atoms with Crippen LogP contribution in [0.3, 0.4) is 0 Å². The molecule has 0 spiro atoms. The van der Waals surface area contributed by atoms with Crippen molar-refractivity contribution < 1.29 is 19.2 Å². The topological polar surface area (TPSA) is 121 Å². The van der Waals surface area contributed by atoms with E-state index in [1.807, 2.05) is 35.7 Å². The molecule has 2 heterocycles. The normalized spacial score (nSPS) is 10.7. The number of ether oxygens (including phenoxy) is 2. The van der Waals surface area contributed by atoms with Crippen LogP contribution >= 0.6 is 11.3 Å². The molecule has 4 aromatic rings. The van der Waals surface area contributed by atoms with Crippen LogP contribution in [-0.4, -0.2) is 39.6 Å². The van der Waals surface area contributed by atoms with Gasteiger partial charge in [0.2, 0.25) is 4.96 Å². The molecule has 30 heavy (non-hydrogen) atoms. The fourth-order valence-electron chi connectivity index (χ4n) is 2.91. The van der Waals surface area contributed by atoms with Crippen molar-refractivity contribution >= 4 is 33.8 Å². The van der Waals surface area contributed by atoms with Gasteiger partial charge in [-0.15, -0.1) is 16.4 Å². The number of methoxy groups -OCH3 is 2. The summed E-state index contributed by atoms with van der Waals surface area (Å²) in [6.07, 6.45) is 0. The van der Waals surface area contributed by atoms with Crippen molar-refractivity contribution in [3.05, 3.63) is 63.5 Å². The smallest absolute Gasteiger partial charge is 0.286 e. The lowest BCUT2D eigenvalue weighted by Gasteiger charge is -2.10. The van der Waals surface area contributed by atoms with Gasteiger partial charge in [-0.05, 0) is 0 Å². The number of rotatable bonds is 6. The van der Waals surface area contributed by atoms with Crippen molar-refractivity contribution in [1.29, 1.82) is 0 Å². The first-order valence-electron chi connectivity index (χ1n) is 8.63. The first kappa shape index (κ1) is 19.3. The van der Waals surface area contributed by atoms with E-state index in [0.29, 0.717) is 4.96 Å². The second-order valence-electron chi connectivity index (χ2n) is 6.05. The molecule has 0 radical (unpaired) electrons. The Morgan fingerprint density at radius 3 is 2.53 bits per heavy atom. The minimum atomic E-state index is -0.734. The molecule has 0 fully saturated rings. The van der Waals surface area contributed by atoms with Gasteiger partial charge in [-0.1, -0.05) is 30.3 Å². The number of thiazole rings is 1. The summed E-state index contributed by atoms with van der Waals surface area (Å²) >= 11 is 1.36. The van der Waals surface area contributed by atoms with Crippen molar-refractivity contribution in [1.82, 2.24) is 14.6 Å². The summed E-state index contributed by atoms with van der Waals surface area (Å²) in [4.78, 5) is 28.4. The molecule has 4 rings (SSSR count). The zero-order chi connectivity index (χ0) is 21.3. The van der Waals surface area contributed by atoms with Gasteiger partial charge >= 0.3 is 0 Å². The quantitative estimate of drug-likeness (QED) is 0.370. The van der Waals surface area contributed by atoms with Crippen LogP contribution in [0.2, 0.25) is 0 Å². The van der Waals surface area contributed by atoms with Gasteiger partial charge in [-0.2, -0.15) is 4.98 Å². The Bertz CT molecular complexity index is 1250. The summed E-state index contributed by atoms with van der Waals surface area (Å²) < 4.78 is 11.8. The maximum absolute atomic E-state index is 12.8. The molecule has 11 heteroatoms. The average molecular weight is 425 g/mol. The number of anilines is 1. The molecule has 10 nitrogen and oxygen atoms in total. The van der Waals surface area contributed by atoms with E-state index in [2.05, 4.69) is 15.4 Å². The Morgan fingerprint density at radius 2 is 1.87 bits per heavy atom. The van der Waals surface area contributed by atoms with Crippen LogP contribution in [0.15, 0.2) is 47.8 Å². The number of carbonyl (C=O) groups excluding carboxylic acids is 1. The largest absolute Gasteiger partial charge is 0.493 e. The van der Waals surface area contributed by atoms with Gasteiger partial charge in [0.1, 0.15) is 5.56 Å². The third-order valence-electron chi connectivity index (χ3n) is 4.32. The summed E-state index contributed by atoms with van der Waals surface area (Å²) in [5.74, 6) is -0.359. The summed E-state index contributed by atoms with van der Waals surface area (Å²) in [7, 11) is 2.73. The SMILES string of the molecule is COc1cc(C(=O)Nc2nc3scc(-c4ccccc4)n3n2)c([N+](=O)[O-])cc1OC. The highest BCUT2D eigenvalue weighted by Crippen LogP contribution is 2.35. The number of fused-ring (bicyclic) bond motifs is 1. The molecular formula is C19H15N5O5S. The second-order valence-corrected chi connectivity index (χ2v) is 6.89. The fraction of sp³-hybridized carbons (Fsp3) is 0.105. The van der Waals surface area contributed by atoms with Gasteiger partial charge in [0.15, 0.2) is 11.5 Å². The lowest BCUT2D eigenvalue weighted by molar-refractivity contribution is -0.385. The molecule has 0 bridgehead atoms. The standard InChI is InChI=1S/C19H15N5O5S/c1-28-15-8-12(13(24(26)27)9-16(15)29-2)17(25)20-18-21-19-23(22-18)14(10-30-19)11-6-4-3-5-7-11/h3-10H,1-2H3,(H,20,22,25). The number of aromatic nitrogens is 3. The van der Waals surface area contributed by atoms with Gasteiger partial charge in [0.05, 0.1) is 30.9 Å². The van der Waals surface area contributed by atoms with Crippen LogP contribution in [-0.2, 0) is 0 Å². The number of hydrogen-bond acceptors (Lipinski definition) is 8. The van der Waals surface area contributed by atoms with Crippen LogP contribution in [0, 0.1) is 10.1 Å². The highest BCUT2D eigenvalue weighted by molar-refractivity contribution is 7.15. The van der Waals surface area contributed by atoms with Gasteiger partial charge in [-0.3, -0.25) is 20.2 Å². The van der Waals surface area contributed by atoms with E-state index in [4.69, 9.17) is 9.47 Å². The third kappa shape index (κ3) is 3.42. The molecule has 0 saturated heterocycles. The average Bonchev–Trinajstić information content (AvgIpc) is 3.33. The van der Waals surface area contributed by atoms with Crippen LogP contribution in [0.25, 0.3) is 16.2 Å². The third-order valence-corrected chi connectivity index (χ3v) is 5.14. The van der Waals surface area contributed by atoms with Gasteiger partial charge in [0.25, 0.3) is 17.5 Å². The van der Waals surface area contributed by atoms with E-state index >= 15 is 0 Å². The number of nitro benzene ring substituents is 1. The highest BCUT2D eigenvalue weighted by Gasteiger charge is 2.25. The maximum atomic E-state index is 12.8. The lowest BCUT2D eigenvalue weighted by Crippen LogP contribution is -2.15.